The molecule has 22 heavy (non-hydrogen) atoms. The SMILES string of the molecule is N#Cc1ccc(CNc2ccc3c(c2)OCCCO3)c(F)c1. The molecule has 0 radical (unpaired) electrons. The molecule has 1 aliphatic rings. The summed E-state index contributed by atoms with van der Waals surface area (Å²) in [5.41, 5.74) is 1.65. The van der Waals surface area contributed by atoms with Gasteiger partial charge in [0.15, 0.2) is 11.5 Å². The van der Waals surface area contributed by atoms with Gasteiger partial charge in [0.25, 0.3) is 0 Å². The van der Waals surface area contributed by atoms with Crippen molar-refractivity contribution in [2.24, 2.45) is 0 Å². The maximum absolute atomic E-state index is 13.8. The minimum absolute atomic E-state index is 0.317. The lowest BCUT2D eigenvalue weighted by molar-refractivity contribution is 0.297. The van der Waals surface area contributed by atoms with E-state index < -0.39 is 0 Å². The Kier molecular flexibility index (Phi) is 4.10. The van der Waals surface area contributed by atoms with Crippen molar-refractivity contribution in [2.45, 2.75) is 13.0 Å². The zero-order valence-electron chi connectivity index (χ0n) is 11.9. The minimum Gasteiger partial charge on any atom is -0.490 e. The van der Waals surface area contributed by atoms with Gasteiger partial charge in [0, 0.05) is 30.3 Å². The van der Waals surface area contributed by atoms with E-state index in [9.17, 15) is 4.39 Å². The predicted molar refractivity (Wildman–Crippen MR) is 80.5 cm³/mol. The molecular weight excluding hydrogens is 283 g/mol. The monoisotopic (exact) mass is 298 g/mol. The Morgan fingerprint density at radius 3 is 2.68 bits per heavy atom. The lowest BCUT2D eigenvalue weighted by Gasteiger charge is -2.11. The molecule has 1 heterocycles. The number of nitriles is 1. The Bertz CT molecular complexity index is 725. The van der Waals surface area contributed by atoms with E-state index in [0.29, 0.717) is 36.6 Å². The van der Waals surface area contributed by atoms with Crippen molar-refractivity contribution in [2.75, 3.05) is 18.5 Å². The molecular formula is C17H15FN2O2. The first kappa shape index (κ1) is 14.2. The second-order valence-corrected chi connectivity index (χ2v) is 4.98. The number of benzene rings is 2. The van der Waals surface area contributed by atoms with Crippen LogP contribution in [-0.2, 0) is 6.54 Å². The number of anilines is 1. The van der Waals surface area contributed by atoms with Crippen LogP contribution in [0.4, 0.5) is 10.1 Å². The summed E-state index contributed by atoms with van der Waals surface area (Å²) in [6.07, 6.45) is 0.855. The molecule has 5 heteroatoms. The van der Waals surface area contributed by atoms with Crippen LogP contribution in [0, 0.1) is 17.1 Å². The van der Waals surface area contributed by atoms with Gasteiger partial charge in [-0.1, -0.05) is 6.07 Å². The van der Waals surface area contributed by atoms with E-state index >= 15 is 0 Å². The van der Waals surface area contributed by atoms with E-state index in [4.69, 9.17) is 14.7 Å². The van der Waals surface area contributed by atoms with Gasteiger partial charge in [-0.2, -0.15) is 5.26 Å². The Hall–Kier alpha value is -2.74. The van der Waals surface area contributed by atoms with Gasteiger partial charge in [-0.15, -0.1) is 0 Å². The van der Waals surface area contributed by atoms with Crippen molar-refractivity contribution >= 4 is 5.69 Å². The minimum atomic E-state index is -0.388. The maximum Gasteiger partial charge on any atom is 0.163 e. The summed E-state index contributed by atoms with van der Waals surface area (Å²) in [5, 5.41) is 11.9. The van der Waals surface area contributed by atoms with Crippen molar-refractivity contribution in [3.63, 3.8) is 0 Å². The van der Waals surface area contributed by atoms with Crippen LogP contribution >= 0.6 is 0 Å². The molecule has 2 aromatic rings. The first-order valence-corrected chi connectivity index (χ1v) is 7.08. The molecule has 0 bridgehead atoms. The molecule has 0 amide bonds. The number of rotatable bonds is 3. The highest BCUT2D eigenvalue weighted by atomic mass is 19.1. The lowest BCUT2D eigenvalue weighted by atomic mass is 10.1. The summed E-state index contributed by atoms with van der Waals surface area (Å²) >= 11 is 0. The molecule has 0 saturated heterocycles. The van der Waals surface area contributed by atoms with E-state index in [-0.39, 0.29) is 5.82 Å². The van der Waals surface area contributed by atoms with E-state index in [2.05, 4.69) is 5.32 Å². The summed E-state index contributed by atoms with van der Waals surface area (Å²) in [6, 6.07) is 11.9. The van der Waals surface area contributed by atoms with Crippen LogP contribution < -0.4 is 14.8 Å². The number of hydrogen-bond acceptors (Lipinski definition) is 4. The molecule has 0 saturated carbocycles. The average molecular weight is 298 g/mol. The smallest absolute Gasteiger partial charge is 0.163 e. The van der Waals surface area contributed by atoms with Gasteiger partial charge in [0.05, 0.1) is 24.8 Å². The summed E-state index contributed by atoms with van der Waals surface area (Å²) in [4.78, 5) is 0. The van der Waals surface area contributed by atoms with E-state index in [1.54, 1.807) is 12.1 Å². The molecule has 0 aliphatic carbocycles. The van der Waals surface area contributed by atoms with Crippen LogP contribution in [0.15, 0.2) is 36.4 Å². The van der Waals surface area contributed by atoms with Gasteiger partial charge in [0.1, 0.15) is 5.82 Å². The van der Waals surface area contributed by atoms with Gasteiger partial charge in [-0.25, -0.2) is 4.39 Å². The quantitative estimate of drug-likeness (QED) is 0.942. The Balaban J connectivity index is 1.72. The van der Waals surface area contributed by atoms with Crippen molar-refractivity contribution in [3.05, 3.63) is 53.3 Å². The van der Waals surface area contributed by atoms with Crippen molar-refractivity contribution in [1.82, 2.24) is 0 Å². The first-order chi connectivity index (χ1) is 10.8. The van der Waals surface area contributed by atoms with Gasteiger partial charge in [-0.05, 0) is 24.3 Å². The second kappa shape index (κ2) is 6.35. The third kappa shape index (κ3) is 3.12. The largest absolute Gasteiger partial charge is 0.490 e. The number of ether oxygens (including phenoxy) is 2. The third-order valence-electron chi connectivity index (χ3n) is 3.41. The van der Waals surface area contributed by atoms with E-state index in [1.807, 2.05) is 24.3 Å². The Morgan fingerprint density at radius 2 is 1.91 bits per heavy atom. The number of nitrogens with one attached hydrogen (secondary N) is 1. The Morgan fingerprint density at radius 1 is 1.09 bits per heavy atom. The lowest BCUT2D eigenvalue weighted by Crippen LogP contribution is -2.02. The van der Waals surface area contributed by atoms with Gasteiger partial charge >= 0.3 is 0 Å². The standard InChI is InChI=1S/C17H15FN2O2/c18-15-8-12(10-19)2-3-13(15)11-20-14-4-5-16-17(9-14)22-7-1-6-21-16/h2-5,8-9,20H,1,6-7,11H2. The maximum atomic E-state index is 13.8. The topological polar surface area (TPSA) is 54.3 Å². The number of fused-ring (bicyclic) bond motifs is 1. The normalized spacial score (nSPS) is 13.1. The zero-order valence-corrected chi connectivity index (χ0v) is 11.9. The van der Waals surface area contributed by atoms with Crippen LogP contribution in [0.3, 0.4) is 0 Å². The molecule has 0 spiro atoms. The highest BCUT2D eigenvalue weighted by Gasteiger charge is 2.11. The Labute approximate surface area is 128 Å². The summed E-state index contributed by atoms with van der Waals surface area (Å²) in [6.45, 7) is 1.61. The fourth-order valence-corrected chi connectivity index (χ4v) is 2.23. The molecule has 0 aromatic heterocycles. The number of nitrogens with zero attached hydrogens (tertiary/aromatic N) is 1. The van der Waals surface area contributed by atoms with Crippen LogP contribution in [0.1, 0.15) is 17.5 Å². The molecule has 3 rings (SSSR count). The third-order valence-corrected chi connectivity index (χ3v) is 3.41. The summed E-state index contributed by atoms with van der Waals surface area (Å²) < 4.78 is 25.0. The predicted octanol–water partition coefficient (Wildman–Crippen LogP) is 3.47. The summed E-state index contributed by atoms with van der Waals surface area (Å²) in [5.74, 6) is 1.04. The van der Waals surface area contributed by atoms with Crippen LogP contribution in [-0.4, -0.2) is 13.2 Å². The van der Waals surface area contributed by atoms with Crippen molar-refractivity contribution in [1.29, 1.82) is 5.26 Å². The van der Waals surface area contributed by atoms with Crippen molar-refractivity contribution < 1.29 is 13.9 Å². The fraction of sp³-hybridized carbons (Fsp3) is 0.235. The molecule has 0 unspecified atom stereocenters. The molecule has 112 valence electrons. The van der Waals surface area contributed by atoms with Gasteiger partial charge in [0.2, 0.25) is 0 Å². The molecule has 4 nitrogen and oxygen atoms in total. The number of hydrogen-bond donors (Lipinski definition) is 1. The molecule has 0 atom stereocenters. The van der Waals surface area contributed by atoms with Gasteiger partial charge in [-0.3, -0.25) is 0 Å². The second-order valence-electron chi connectivity index (χ2n) is 4.98. The van der Waals surface area contributed by atoms with Crippen LogP contribution in [0.5, 0.6) is 11.5 Å². The zero-order chi connectivity index (χ0) is 15.4. The first-order valence-electron chi connectivity index (χ1n) is 7.08. The van der Waals surface area contributed by atoms with E-state index in [0.717, 1.165) is 17.9 Å². The van der Waals surface area contributed by atoms with Gasteiger partial charge < -0.3 is 14.8 Å². The van der Waals surface area contributed by atoms with E-state index in [1.165, 1.54) is 6.07 Å². The molecule has 2 aromatic carbocycles. The molecule has 1 N–H and O–H groups in total. The highest BCUT2D eigenvalue weighted by Crippen LogP contribution is 2.32. The summed E-state index contributed by atoms with van der Waals surface area (Å²) in [7, 11) is 0. The number of halogens is 1. The fourth-order valence-electron chi connectivity index (χ4n) is 2.23. The van der Waals surface area contributed by atoms with Crippen molar-refractivity contribution in [3.8, 4) is 17.6 Å². The molecule has 1 aliphatic heterocycles. The van der Waals surface area contributed by atoms with Crippen LogP contribution in [0.2, 0.25) is 0 Å². The average Bonchev–Trinajstić information content (AvgIpc) is 2.78. The highest BCUT2D eigenvalue weighted by molar-refractivity contribution is 5.55. The molecule has 0 fully saturated rings. The van der Waals surface area contributed by atoms with Crippen LogP contribution in [0.25, 0.3) is 0 Å².